The fourth-order valence-electron chi connectivity index (χ4n) is 5.33. The molecule has 17 heteroatoms. The van der Waals surface area contributed by atoms with Crippen LogP contribution in [-0.2, 0) is 49.8 Å². The number of rotatable bonds is 28. The van der Waals surface area contributed by atoms with Crippen molar-refractivity contribution in [3.63, 3.8) is 0 Å². The number of carboxylic acids is 2. The molecular weight excluding hydrogens is 712 g/mol. The van der Waals surface area contributed by atoms with Crippen LogP contribution in [0.1, 0.15) is 69.3 Å². The van der Waals surface area contributed by atoms with Gasteiger partial charge in [-0.05, 0) is 74.8 Å². The first kappa shape index (κ1) is 45.0. The SMILES string of the molecule is CC(C)(CCCCc1ccc(S(=O)(=O)Nc2ccc(C(=O)NCCOCCOCC(=O)NCCOCCOCC(=O)O)cn2)cc1)CC(C)(C)C(=O)O. The molecule has 0 aliphatic heterocycles. The second-order valence-corrected chi connectivity index (χ2v) is 15.4. The molecular formula is C36H54N4O12S. The highest BCUT2D eigenvalue weighted by Crippen LogP contribution is 2.37. The van der Waals surface area contributed by atoms with Crippen molar-refractivity contribution in [2.24, 2.45) is 10.8 Å². The number of nitrogens with one attached hydrogen (secondary N) is 3. The third-order valence-electron chi connectivity index (χ3n) is 7.87. The molecule has 0 radical (unpaired) electrons. The number of carbonyl (C=O) groups excluding carboxylic acids is 2. The molecule has 0 saturated heterocycles. The smallest absolute Gasteiger partial charge is 0.329 e. The van der Waals surface area contributed by atoms with E-state index in [9.17, 15) is 32.7 Å². The number of carbonyl (C=O) groups is 4. The van der Waals surface area contributed by atoms with Gasteiger partial charge >= 0.3 is 11.9 Å². The van der Waals surface area contributed by atoms with Crippen molar-refractivity contribution < 1.29 is 56.8 Å². The Labute approximate surface area is 311 Å². The summed E-state index contributed by atoms with van der Waals surface area (Å²) in [6.07, 6.45) is 5.33. The van der Waals surface area contributed by atoms with E-state index in [1.165, 1.54) is 30.5 Å². The molecule has 16 nitrogen and oxygen atoms in total. The standard InChI is InChI=1S/C36H54N4O12S/c1-35(2,26-36(3,4)34(45)46)14-6-5-7-27-8-11-29(12-9-27)53(47,48)40-30-13-10-28(23-39-30)33(44)38-16-18-50-19-21-51-24-31(41)37-15-17-49-20-22-52-25-32(42)43/h8-13,23H,5-7,14-22,24-26H2,1-4H3,(H,37,41)(H,38,44)(H,39,40)(H,42,43)(H,45,46). The number of pyridine rings is 1. The van der Waals surface area contributed by atoms with Gasteiger partial charge in [0.2, 0.25) is 5.91 Å². The topological polar surface area (TPSA) is 229 Å². The lowest BCUT2D eigenvalue weighted by Gasteiger charge is -2.32. The Morgan fingerprint density at radius 2 is 1.36 bits per heavy atom. The van der Waals surface area contributed by atoms with Gasteiger partial charge in [-0.1, -0.05) is 32.4 Å². The van der Waals surface area contributed by atoms with E-state index in [1.54, 1.807) is 26.0 Å². The number of benzene rings is 1. The van der Waals surface area contributed by atoms with Gasteiger partial charge in [0, 0.05) is 19.3 Å². The van der Waals surface area contributed by atoms with Gasteiger partial charge in [0.05, 0.1) is 55.5 Å². The number of hydrogen-bond donors (Lipinski definition) is 5. The lowest BCUT2D eigenvalue weighted by Crippen LogP contribution is -2.31. The first-order chi connectivity index (χ1) is 25.0. The van der Waals surface area contributed by atoms with Crippen LogP contribution in [0, 0.1) is 10.8 Å². The van der Waals surface area contributed by atoms with Crippen molar-refractivity contribution in [3.05, 3.63) is 53.7 Å². The molecule has 0 aliphatic rings. The van der Waals surface area contributed by atoms with Crippen LogP contribution < -0.4 is 15.4 Å². The summed E-state index contributed by atoms with van der Waals surface area (Å²) in [6.45, 7) is 8.76. The van der Waals surface area contributed by atoms with Gasteiger partial charge in [0.1, 0.15) is 19.0 Å². The minimum Gasteiger partial charge on any atom is -0.481 e. The van der Waals surface area contributed by atoms with Crippen LogP contribution in [0.2, 0.25) is 0 Å². The molecule has 53 heavy (non-hydrogen) atoms. The van der Waals surface area contributed by atoms with Gasteiger partial charge in [-0.25, -0.2) is 18.2 Å². The van der Waals surface area contributed by atoms with Crippen LogP contribution in [0.4, 0.5) is 5.82 Å². The molecule has 0 aliphatic carbocycles. The number of amides is 2. The van der Waals surface area contributed by atoms with E-state index in [-0.39, 0.29) is 93.5 Å². The molecule has 2 amide bonds. The Kier molecular flexibility index (Phi) is 19.4. The van der Waals surface area contributed by atoms with E-state index in [4.69, 9.17) is 24.1 Å². The number of ether oxygens (including phenoxy) is 4. The number of hydrogen-bond acceptors (Lipinski definition) is 11. The minimum atomic E-state index is -3.91. The van der Waals surface area contributed by atoms with Crippen molar-refractivity contribution in [2.75, 3.05) is 70.7 Å². The molecule has 0 fully saturated rings. The molecule has 0 spiro atoms. The normalized spacial score (nSPS) is 11.9. The van der Waals surface area contributed by atoms with Gasteiger partial charge in [-0.15, -0.1) is 0 Å². The Morgan fingerprint density at radius 1 is 0.755 bits per heavy atom. The van der Waals surface area contributed by atoms with E-state index >= 15 is 0 Å². The number of aryl methyl sites for hydroxylation is 1. The van der Waals surface area contributed by atoms with Crippen molar-refractivity contribution in [2.45, 2.75) is 64.7 Å². The van der Waals surface area contributed by atoms with E-state index < -0.39 is 33.3 Å². The van der Waals surface area contributed by atoms with E-state index in [0.717, 1.165) is 31.2 Å². The van der Waals surface area contributed by atoms with Crippen LogP contribution in [0.25, 0.3) is 0 Å². The largest absolute Gasteiger partial charge is 0.481 e. The summed E-state index contributed by atoms with van der Waals surface area (Å²) in [5.41, 5.74) is 0.345. The molecule has 0 bridgehead atoms. The van der Waals surface area contributed by atoms with Crippen LogP contribution >= 0.6 is 0 Å². The number of anilines is 1. The average Bonchev–Trinajstić information content (AvgIpc) is 3.08. The molecule has 0 unspecified atom stereocenters. The predicted octanol–water partition coefficient (Wildman–Crippen LogP) is 3.12. The van der Waals surface area contributed by atoms with Crippen molar-refractivity contribution in [1.29, 1.82) is 0 Å². The zero-order chi connectivity index (χ0) is 39.3. The van der Waals surface area contributed by atoms with Gasteiger partial charge in [0.15, 0.2) is 0 Å². The number of sulfonamides is 1. The lowest BCUT2D eigenvalue weighted by atomic mass is 9.72. The minimum absolute atomic E-state index is 0.0599. The summed E-state index contributed by atoms with van der Waals surface area (Å²) in [6, 6.07) is 9.49. The number of carboxylic acid groups (broad SMARTS) is 2. The number of unbranched alkanes of at least 4 members (excludes halogenated alkanes) is 1. The molecule has 1 aromatic heterocycles. The summed E-state index contributed by atoms with van der Waals surface area (Å²) in [5.74, 6) is -2.53. The highest BCUT2D eigenvalue weighted by atomic mass is 32.2. The molecule has 296 valence electrons. The second-order valence-electron chi connectivity index (χ2n) is 13.7. The second kappa shape index (κ2) is 22.8. The molecule has 2 aromatic rings. The summed E-state index contributed by atoms with van der Waals surface area (Å²) >= 11 is 0. The Bertz CT molecular complexity index is 1550. The molecule has 0 atom stereocenters. The maximum atomic E-state index is 12.9. The van der Waals surface area contributed by atoms with Gasteiger partial charge in [-0.3, -0.25) is 19.1 Å². The Balaban J connectivity index is 1.61. The number of nitrogens with zero attached hydrogens (tertiary/aromatic N) is 1. The third kappa shape index (κ3) is 18.9. The van der Waals surface area contributed by atoms with E-state index in [2.05, 4.69) is 34.2 Å². The van der Waals surface area contributed by atoms with Crippen molar-refractivity contribution in [1.82, 2.24) is 15.6 Å². The van der Waals surface area contributed by atoms with Crippen LogP contribution in [0.5, 0.6) is 0 Å². The van der Waals surface area contributed by atoms with Crippen molar-refractivity contribution in [3.8, 4) is 0 Å². The lowest BCUT2D eigenvalue weighted by molar-refractivity contribution is -0.148. The summed E-state index contributed by atoms with van der Waals surface area (Å²) in [7, 11) is -3.91. The quantitative estimate of drug-likeness (QED) is 0.0786. The van der Waals surface area contributed by atoms with E-state index in [0.29, 0.717) is 6.42 Å². The van der Waals surface area contributed by atoms with Gasteiger partial charge in [0.25, 0.3) is 15.9 Å². The predicted molar refractivity (Wildman–Crippen MR) is 195 cm³/mol. The van der Waals surface area contributed by atoms with Gasteiger partial charge < -0.3 is 39.8 Å². The Morgan fingerprint density at radius 3 is 1.94 bits per heavy atom. The zero-order valence-electron chi connectivity index (χ0n) is 31.0. The fraction of sp³-hybridized carbons (Fsp3) is 0.583. The maximum absolute atomic E-state index is 12.9. The van der Waals surface area contributed by atoms with Crippen molar-refractivity contribution >= 4 is 39.6 Å². The highest BCUT2D eigenvalue weighted by molar-refractivity contribution is 7.92. The molecule has 5 N–H and O–H groups in total. The molecule has 0 saturated carbocycles. The highest BCUT2D eigenvalue weighted by Gasteiger charge is 2.34. The zero-order valence-corrected chi connectivity index (χ0v) is 31.8. The summed E-state index contributed by atoms with van der Waals surface area (Å²) in [5, 5.41) is 23.2. The van der Waals surface area contributed by atoms with E-state index in [1.807, 2.05) is 0 Å². The molecule has 1 aromatic carbocycles. The van der Waals surface area contributed by atoms with Crippen LogP contribution in [0.15, 0.2) is 47.5 Å². The number of aromatic nitrogens is 1. The van der Waals surface area contributed by atoms with Crippen LogP contribution in [-0.4, -0.2) is 113 Å². The van der Waals surface area contributed by atoms with Crippen LogP contribution in [0.3, 0.4) is 0 Å². The first-order valence-electron chi connectivity index (χ1n) is 17.4. The monoisotopic (exact) mass is 766 g/mol. The fourth-order valence-corrected chi connectivity index (χ4v) is 6.34. The third-order valence-corrected chi connectivity index (χ3v) is 9.24. The average molecular weight is 767 g/mol. The molecule has 1 heterocycles. The summed E-state index contributed by atoms with van der Waals surface area (Å²) in [4.78, 5) is 50.2. The Hall–Kier alpha value is -4.16. The number of aliphatic carboxylic acids is 2. The molecule has 2 rings (SSSR count). The maximum Gasteiger partial charge on any atom is 0.329 e. The van der Waals surface area contributed by atoms with Gasteiger partial charge in [-0.2, -0.15) is 0 Å². The first-order valence-corrected chi connectivity index (χ1v) is 18.9. The summed E-state index contributed by atoms with van der Waals surface area (Å²) < 4.78 is 48.9.